The van der Waals surface area contributed by atoms with E-state index in [1.54, 1.807) is 6.92 Å². The Bertz CT molecular complexity index is 269. The number of carbonyl (C=O) groups excluding carboxylic acids is 2. The Morgan fingerprint density at radius 3 is 2.28 bits per heavy atom. The Morgan fingerprint density at radius 1 is 1.22 bits per heavy atom. The summed E-state index contributed by atoms with van der Waals surface area (Å²) in [6.07, 6.45) is 3.88. The molecule has 0 aliphatic heterocycles. The highest BCUT2D eigenvalue weighted by Crippen LogP contribution is 2.10. The van der Waals surface area contributed by atoms with E-state index in [4.69, 9.17) is 4.74 Å². The van der Waals surface area contributed by atoms with Crippen molar-refractivity contribution in [3.8, 4) is 0 Å². The summed E-state index contributed by atoms with van der Waals surface area (Å²) < 4.78 is 5.21. The zero-order valence-electron chi connectivity index (χ0n) is 12.3. The summed E-state index contributed by atoms with van der Waals surface area (Å²) in [6, 6.07) is 0.131. The lowest BCUT2D eigenvalue weighted by Crippen LogP contribution is -2.38. The fourth-order valence-electron chi connectivity index (χ4n) is 1.62. The maximum atomic E-state index is 11.6. The molecule has 0 bridgehead atoms. The van der Waals surface area contributed by atoms with Gasteiger partial charge in [-0.05, 0) is 47.0 Å². The second kappa shape index (κ2) is 8.11. The van der Waals surface area contributed by atoms with Gasteiger partial charge in [0.05, 0.1) is 0 Å². The molecule has 0 aromatic carbocycles. The number of amides is 1. The molecule has 0 radical (unpaired) electrons. The minimum absolute atomic E-state index is 0.131. The normalized spacial score (nSPS) is 12.9. The second-order valence-electron chi connectivity index (χ2n) is 5.70. The largest absolute Gasteiger partial charge is 0.444 e. The van der Waals surface area contributed by atoms with Gasteiger partial charge in [0.1, 0.15) is 11.4 Å². The van der Waals surface area contributed by atoms with E-state index in [1.807, 2.05) is 27.7 Å². The van der Waals surface area contributed by atoms with Gasteiger partial charge in [-0.3, -0.25) is 0 Å². The van der Waals surface area contributed by atoms with Gasteiger partial charge >= 0.3 is 6.09 Å². The predicted octanol–water partition coefficient (Wildman–Crippen LogP) is 3.44. The molecule has 1 unspecified atom stereocenters. The molecule has 0 aromatic rings. The molecule has 0 saturated carbocycles. The number of hydrogen-bond donors (Lipinski definition) is 1. The van der Waals surface area contributed by atoms with E-state index in [1.165, 1.54) is 0 Å². The average Bonchev–Trinajstić information content (AvgIpc) is 2.19. The van der Waals surface area contributed by atoms with Crippen LogP contribution in [0.2, 0.25) is 0 Å². The summed E-state index contributed by atoms with van der Waals surface area (Å²) in [6.45, 7) is 9.18. The molecule has 1 amide bonds. The van der Waals surface area contributed by atoms with E-state index in [9.17, 15) is 9.59 Å². The number of ketones is 1. The molecule has 0 heterocycles. The first kappa shape index (κ1) is 16.9. The Morgan fingerprint density at radius 2 is 1.83 bits per heavy atom. The smallest absolute Gasteiger partial charge is 0.407 e. The Balaban J connectivity index is 3.89. The summed E-state index contributed by atoms with van der Waals surface area (Å²) in [5.41, 5.74) is -0.461. The minimum atomic E-state index is -0.461. The third-order valence-corrected chi connectivity index (χ3v) is 2.55. The number of Topliss-reactive ketones (excluding diaryl/α,β-unsaturated/α-hetero) is 1. The van der Waals surface area contributed by atoms with Crippen molar-refractivity contribution >= 4 is 11.9 Å². The van der Waals surface area contributed by atoms with Crippen molar-refractivity contribution in [2.75, 3.05) is 0 Å². The van der Waals surface area contributed by atoms with Crippen LogP contribution in [-0.4, -0.2) is 23.5 Å². The first-order chi connectivity index (χ1) is 8.24. The van der Waals surface area contributed by atoms with Crippen LogP contribution in [0.15, 0.2) is 0 Å². The molecule has 0 aliphatic carbocycles. The van der Waals surface area contributed by atoms with Gasteiger partial charge in [0.2, 0.25) is 0 Å². The first-order valence-corrected chi connectivity index (χ1v) is 6.73. The summed E-state index contributed by atoms with van der Waals surface area (Å²) in [7, 11) is 0. The van der Waals surface area contributed by atoms with Gasteiger partial charge in [-0.1, -0.05) is 13.3 Å². The van der Waals surface area contributed by atoms with Gasteiger partial charge in [0.25, 0.3) is 0 Å². The van der Waals surface area contributed by atoms with Crippen molar-refractivity contribution in [1.82, 2.24) is 5.32 Å². The van der Waals surface area contributed by atoms with Crippen LogP contribution in [0, 0.1) is 0 Å². The summed E-state index contributed by atoms with van der Waals surface area (Å²) >= 11 is 0. The maximum Gasteiger partial charge on any atom is 0.407 e. The number of unbranched alkanes of at least 4 members (excludes halogenated alkanes) is 1. The molecule has 4 nitrogen and oxygen atoms in total. The molecular formula is C14H27NO3. The maximum absolute atomic E-state index is 11.6. The molecule has 106 valence electrons. The van der Waals surface area contributed by atoms with Crippen LogP contribution in [0.3, 0.4) is 0 Å². The number of nitrogens with one attached hydrogen (secondary N) is 1. The fraction of sp³-hybridized carbons (Fsp3) is 0.857. The molecule has 0 aromatic heterocycles. The van der Waals surface area contributed by atoms with E-state index < -0.39 is 5.60 Å². The first-order valence-electron chi connectivity index (χ1n) is 6.73. The molecule has 1 N–H and O–H groups in total. The number of rotatable bonds is 7. The third kappa shape index (κ3) is 10.1. The predicted molar refractivity (Wildman–Crippen MR) is 72.6 cm³/mol. The Labute approximate surface area is 110 Å². The van der Waals surface area contributed by atoms with Gasteiger partial charge < -0.3 is 14.8 Å². The molecule has 0 fully saturated rings. The SMILES string of the molecule is CCC(CCCCC(C)=O)NC(=O)OC(C)(C)C. The van der Waals surface area contributed by atoms with Gasteiger partial charge in [-0.2, -0.15) is 0 Å². The third-order valence-electron chi connectivity index (χ3n) is 2.55. The van der Waals surface area contributed by atoms with E-state index in [0.29, 0.717) is 6.42 Å². The molecule has 18 heavy (non-hydrogen) atoms. The number of alkyl carbamates (subject to hydrolysis) is 1. The topological polar surface area (TPSA) is 55.4 Å². The van der Waals surface area contributed by atoms with Crippen molar-refractivity contribution in [3.05, 3.63) is 0 Å². The van der Waals surface area contributed by atoms with E-state index >= 15 is 0 Å². The van der Waals surface area contributed by atoms with Crippen molar-refractivity contribution in [3.63, 3.8) is 0 Å². The van der Waals surface area contributed by atoms with E-state index in [-0.39, 0.29) is 17.9 Å². The molecule has 0 spiro atoms. The van der Waals surface area contributed by atoms with Crippen molar-refractivity contribution in [1.29, 1.82) is 0 Å². The molecule has 0 saturated heterocycles. The highest BCUT2D eigenvalue weighted by atomic mass is 16.6. The number of carbonyl (C=O) groups is 2. The lowest BCUT2D eigenvalue weighted by molar-refractivity contribution is -0.117. The molecule has 1 atom stereocenters. The fourth-order valence-corrected chi connectivity index (χ4v) is 1.62. The highest BCUT2D eigenvalue weighted by molar-refractivity contribution is 5.75. The van der Waals surface area contributed by atoms with Gasteiger partial charge in [0, 0.05) is 12.5 Å². The van der Waals surface area contributed by atoms with Crippen LogP contribution in [0.4, 0.5) is 4.79 Å². The van der Waals surface area contributed by atoms with Crippen LogP contribution < -0.4 is 5.32 Å². The highest BCUT2D eigenvalue weighted by Gasteiger charge is 2.18. The van der Waals surface area contributed by atoms with Gasteiger partial charge in [-0.15, -0.1) is 0 Å². The van der Waals surface area contributed by atoms with Gasteiger partial charge in [0.15, 0.2) is 0 Å². The van der Waals surface area contributed by atoms with Crippen molar-refractivity contribution < 1.29 is 14.3 Å². The Kier molecular flexibility index (Phi) is 7.64. The van der Waals surface area contributed by atoms with E-state index in [2.05, 4.69) is 5.32 Å². The quantitative estimate of drug-likeness (QED) is 0.711. The molecule has 4 heteroatoms. The standard InChI is InChI=1S/C14H27NO3/c1-6-12(10-8-7-9-11(2)16)15-13(17)18-14(3,4)5/h12H,6-10H2,1-5H3,(H,15,17). The zero-order chi connectivity index (χ0) is 14.2. The average molecular weight is 257 g/mol. The summed E-state index contributed by atoms with van der Waals surface area (Å²) in [5.74, 6) is 0.225. The van der Waals surface area contributed by atoms with E-state index in [0.717, 1.165) is 25.7 Å². The molecule has 0 aliphatic rings. The van der Waals surface area contributed by atoms with Gasteiger partial charge in [-0.25, -0.2) is 4.79 Å². The Hall–Kier alpha value is -1.06. The van der Waals surface area contributed by atoms with Crippen LogP contribution in [0.1, 0.15) is 66.7 Å². The second-order valence-corrected chi connectivity index (χ2v) is 5.70. The van der Waals surface area contributed by atoms with Crippen molar-refractivity contribution in [2.45, 2.75) is 78.4 Å². The monoisotopic (exact) mass is 257 g/mol. The van der Waals surface area contributed by atoms with Crippen LogP contribution >= 0.6 is 0 Å². The summed E-state index contributed by atoms with van der Waals surface area (Å²) in [5, 5.41) is 2.87. The van der Waals surface area contributed by atoms with Crippen LogP contribution in [0.5, 0.6) is 0 Å². The van der Waals surface area contributed by atoms with Crippen molar-refractivity contribution in [2.24, 2.45) is 0 Å². The van der Waals surface area contributed by atoms with Crippen LogP contribution in [0.25, 0.3) is 0 Å². The minimum Gasteiger partial charge on any atom is -0.444 e. The molecule has 0 rings (SSSR count). The number of ether oxygens (including phenoxy) is 1. The zero-order valence-corrected chi connectivity index (χ0v) is 12.3. The van der Waals surface area contributed by atoms with Crippen LogP contribution in [-0.2, 0) is 9.53 Å². The number of hydrogen-bond acceptors (Lipinski definition) is 3. The lowest BCUT2D eigenvalue weighted by atomic mass is 10.1. The summed E-state index contributed by atoms with van der Waals surface area (Å²) in [4.78, 5) is 22.4. The lowest BCUT2D eigenvalue weighted by Gasteiger charge is -2.23. The molecular weight excluding hydrogens is 230 g/mol.